The van der Waals surface area contributed by atoms with Gasteiger partial charge in [-0.3, -0.25) is 14.0 Å². The number of amides is 1. The summed E-state index contributed by atoms with van der Waals surface area (Å²) in [7, 11) is -0.0654. The van der Waals surface area contributed by atoms with Gasteiger partial charge < -0.3 is 14.9 Å². The molecule has 8 heteroatoms. The fourth-order valence-electron chi connectivity index (χ4n) is 2.41. The van der Waals surface area contributed by atoms with Crippen molar-refractivity contribution >= 4 is 33.9 Å². The van der Waals surface area contributed by atoms with E-state index in [1.807, 2.05) is 0 Å². The Balaban J connectivity index is 1.88. The molecule has 1 unspecified atom stereocenters. The highest BCUT2D eigenvalue weighted by molar-refractivity contribution is 7.89. The third kappa shape index (κ3) is 3.92. The topological polar surface area (TPSA) is 115 Å². The van der Waals surface area contributed by atoms with Crippen LogP contribution in [0.5, 0.6) is 5.75 Å². The molecule has 0 fully saturated rings. The average molecular weight is 372 g/mol. The second-order valence-electron chi connectivity index (χ2n) is 5.48. The molecule has 0 radical (unpaired) electrons. The van der Waals surface area contributed by atoms with E-state index in [4.69, 9.17) is 14.9 Å². The Bertz CT molecular complexity index is 1060. The number of hydrogen-bond donors (Lipinski definition) is 2. The van der Waals surface area contributed by atoms with Gasteiger partial charge >= 0.3 is 5.76 Å². The summed E-state index contributed by atoms with van der Waals surface area (Å²) in [6.45, 7) is 0. The van der Waals surface area contributed by atoms with Gasteiger partial charge in [0.2, 0.25) is 0 Å². The Morgan fingerprint density at radius 2 is 2.00 bits per heavy atom. The van der Waals surface area contributed by atoms with E-state index >= 15 is 0 Å². The predicted molar refractivity (Wildman–Crippen MR) is 98.8 cm³/mol. The number of H-pyrrole nitrogens is 1. The molecule has 0 aliphatic heterocycles. The molecule has 1 atom stereocenters. The minimum Gasteiger partial charge on any atom is -0.497 e. The quantitative estimate of drug-likeness (QED) is 0.641. The minimum atomic E-state index is -1.63. The first-order chi connectivity index (χ1) is 12.5. The molecule has 0 saturated heterocycles. The molecule has 1 aromatic heterocycles. The lowest BCUT2D eigenvalue weighted by Crippen LogP contribution is -2.18. The van der Waals surface area contributed by atoms with Crippen molar-refractivity contribution in [2.75, 3.05) is 7.11 Å². The lowest BCUT2D eigenvalue weighted by Gasteiger charge is -2.06. The summed E-state index contributed by atoms with van der Waals surface area (Å²) < 4.78 is 22.6. The van der Waals surface area contributed by atoms with E-state index in [1.54, 1.807) is 49.6 Å². The first-order valence-electron chi connectivity index (χ1n) is 7.62. The molecule has 7 nitrogen and oxygen atoms in total. The summed E-state index contributed by atoms with van der Waals surface area (Å²) in [6.07, 6.45) is 1.45. The van der Waals surface area contributed by atoms with E-state index in [9.17, 15) is 13.8 Å². The molecular weight excluding hydrogens is 356 g/mol. The number of aromatic amines is 1. The summed E-state index contributed by atoms with van der Waals surface area (Å²) in [5.74, 6) is -0.506. The van der Waals surface area contributed by atoms with Crippen LogP contribution < -0.4 is 16.2 Å². The van der Waals surface area contributed by atoms with Crippen molar-refractivity contribution < 1.29 is 18.2 Å². The van der Waals surface area contributed by atoms with Gasteiger partial charge in [0.05, 0.1) is 29.2 Å². The Morgan fingerprint density at radius 1 is 1.27 bits per heavy atom. The van der Waals surface area contributed by atoms with Crippen molar-refractivity contribution in [3.63, 3.8) is 0 Å². The molecule has 0 aliphatic rings. The normalized spacial score (nSPS) is 12.9. The summed E-state index contributed by atoms with van der Waals surface area (Å²) >= 11 is 0. The highest BCUT2D eigenvalue weighted by atomic mass is 32.2. The molecule has 0 aliphatic carbocycles. The van der Waals surface area contributed by atoms with Crippen molar-refractivity contribution in [2.45, 2.75) is 5.75 Å². The third-order valence-electron chi connectivity index (χ3n) is 3.69. The number of rotatable bonds is 6. The molecule has 3 rings (SSSR count). The first-order valence-corrected chi connectivity index (χ1v) is 8.94. The van der Waals surface area contributed by atoms with Crippen LogP contribution in [0.2, 0.25) is 0 Å². The lowest BCUT2D eigenvalue weighted by atomic mass is 10.2. The Morgan fingerprint density at radius 3 is 2.65 bits per heavy atom. The molecule has 3 N–H and O–H groups in total. The minimum absolute atomic E-state index is 0.00832. The average Bonchev–Trinajstić information content (AvgIpc) is 2.99. The van der Waals surface area contributed by atoms with Gasteiger partial charge in [0.1, 0.15) is 10.7 Å². The summed E-state index contributed by atoms with van der Waals surface area (Å²) in [4.78, 5) is 25.5. The number of fused-ring (bicyclic) bond motifs is 1. The Labute approximate surface area is 150 Å². The van der Waals surface area contributed by atoms with E-state index in [-0.39, 0.29) is 10.7 Å². The summed E-state index contributed by atoms with van der Waals surface area (Å²) in [5, 5.41) is 0. The third-order valence-corrected chi connectivity index (χ3v) is 5.09. The number of carbonyl (C=O) groups excluding carboxylic acids is 1. The van der Waals surface area contributed by atoms with E-state index in [0.29, 0.717) is 22.4 Å². The van der Waals surface area contributed by atoms with Crippen molar-refractivity contribution in [3.05, 3.63) is 69.0 Å². The lowest BCUT2D eigenvalue weighted by molar-refractivity contribution is -0.113. The SMILES string of the molecule is COc1ccc(CS(=O)/C(=C\c2ccc3oc(=O)[nH]c3c2)C(N)=O)cc1. The van der Waals surface area contributed by atoms with Gasteiger partial charge in [0.15, 0.2) is 5.58 Å². The van der Waals surface area contributed by atoms with Crippen LogP contribution in [0.4, 0.5) is 0 Å². The maximum atomic E-state index is 12.6. The molecule has 0 saturated carbocycles. The number of aromatic nitrogens is 1. The van der Waals surface area contributed by atoms with Crippen LogP contribution in [0.3, 0.4) is 0 Å². The van der Waals surface area contributed by atoms with Crippen molar-refractivity contribution in [1.82, 2.24) is 4.98 Å². The van der Waals surface area contributed by atoms with Gasteiger partial charge in [-0.15, -0.1) is 0 Å². The van der Waals surface area contributed by atoms with Gasteiger partial charge in [-0.05, 0) is 41.5 Å². The molecule has 134 valence electrons. The number of nitrogens with one attached hydrogen (secondary N) is 1. The van der Waals surface area contributed by atoms with Crippen LogP contribution in [0.1, 0.15) is 11.1 Å². The Kier molecular flexibility index (Phi) is 5.04. The fraction of sp³-hybridized carbons (Fsp3) is 0.111. The number of ether oxygens (including phenoxy) is 1. The second-order valence-corrected chi connectivity index (χ2v) is 6.90. The molecule has 1 amide bonds. The smallest absolute Gasteiger partial charge is 0.417 e. The maximum Gasteiger partial charge on any atom is 0.417 e. The zero-order valence-electron chi connectivity index (χ0n) is 13.9. The maximum absolute atomic E-state index is 12.6. The Hall–Kier alpha value is -3.13. The zero-order chi connectivity index (χ0) is 18.7. The molecule has 26 heavy (non-hydrogen) atoms. The molecule has 2 aromatic carbocycles. The molecule has 1 heterocycles. The first kappa shape index (κ1) is 17.7. The van der Waals surface area contributed by atoms with Gasteiger partial charge in [0, 0.05) is 0 Å². The highest BCUT2D eigenvalue weighted by Crippen LogP contribution is 2.19. The van der Waals surface area contributed by atoms with Crippen molar-refractivity contribution in [1.29, 1.82) is 0 Å². The van der Waals surface area contributed by atoms with Gasteiger partial charge in [0.25, 0.3) is 5.91 Å². The molecule has 0 spiro atoms. The van der Waals surface area contributed by atoms with Crippen LogP contribution in [-0.2, 0) is 21.3 Å². The highest BCUT2D eigenvalue weighted by Gasteiger charge is 2.15. The van der Waals surface area contributed by atoms with Gasteiger partial charge in [-0.2, -0.15) is 0 Å². The molecule has 0 bridgehead atoms. The zero-order valence-corrected chi connectivity index (χ0v) is 14.7. The van der Waals surface area contributed by atoms with E-state index < -0.39 is 22.5 Å². The van der Waals surface area contributed by atoms with E-state index in [0.717, 1.165) is 5.56 Å². The number of hydrogen-bond acceptors (Lipinski definition) is 5. The van der Waals surface area contributed by atoms with E-state index in [1.165, 1.54) is 6.08 Å². The van der Waals surface area contributed by atoms with Gasteiger partial charge in [-0.25, -0.2) is 4.79 Å². The molecule has 3 aromatic rings. The van der Waals surface area contributed by atoms with Crippen molar-refractivity contribution in [2.24, 2.45) is 5.73 Å². The number of carbonyl (C=O) groups is 1. The number of benzene rings is 2. The largest absolute Gasteiger partial charge is 0.497 e. The number of methoxy groups -OCH3 is 1. The van der Waals surface area contributed by atoms with Crippen LogP contribution in [0.15, 0.2) is 56.6 Å². The monoisotopic (exact) mass is 372 g/mol. The number of nitrogens with two attached hydrogens (primary N) is 1. The fourth-order valence-corrected chi connectivity index (χ4v) is 3.55. The summed E-state index contributed by atoms with van der Waals surface area (Å²) in [6, 6.07) is 11.9. The number of oxazole rings is 1. The number of primary amides is 1. The summed E-state index contributed by atoms with van der Waals surface area (Å²) in [5.41, 5.74) is 7.64. The van der Waals surface area contributed by atoms with Gasteiger partial charge in [-0.1, -0.05) is 18.2 Å². The standard InChI is InChI=1S/C18H16N2O5S/c1-24-13-5-2-11(3-6-13)10-26(23)16(17(19)21)9-12-4-7-15-14(8-12)20-18(22)25-15/h2-9H,10H2,1H3,(H2,19,21)(H,20,22)/b16-9-. The van der Waals surface area contributed by atoms with Crippen LogP contribution >= 0.6 is 0 Å². The molecular formula is C18H16N2O5S. The van der Waals surface area contributed by atoms with Crippen LogP contribution in [0, 0.1) is 0 Å². The van der Waals surface area contributed by atoms with Crippen molar-refractivity contribution in [3.8, 4) is 5.75 Å². The second kappa shape index (κ2) is 7.40. The predicted octanol–water partition coefficient (Wildman–Crippen LogP) is 1.90. The van der Waals surface area contributed by atoms with Crippen LogP contribution in [0.25, 0.3) is 17.2 Å². The van der Waals surface area contributed by atoms with Crippen LogP contribution in [-0.4, -0.2) is 22.2 Å². The van der Waals surface area contributed by atoms with E-state index in [2.05, 4.69) is 4.98 Å².